The van der Waals surface area contributed by atoms with E-state index in [0.29, 0.717) is 38.4 Å². The summed E-state index contributed by atoms with van der Waals surface area (Å²) in [4.78, 5) is 17.3. The summed E-state index contributed by atoms with van der Waals surface area (Å²) in [5.41, 5.74) is 8.52. The van der Waals surface area contributed by atoms with Crippen LogP contribution in [-0.2, 0) is 42.5 Å². The molecule has 0 amide bonds. The van der Waals surface area contributed by atoms with Gasteiger partial charge in [0, 0.05) is 43.6 Å². The second-order valence-corrected chi connectivity index (χ2v) is 16.9. The van der Waals surface area contributed by atoms with Gasteiger partial charge in [0.1, 0.15) is 4.21 Å². The maximum Gasteiger partial charge on any atom is 0.188 e. The average molecular weight is 672 g/mol. The second-order valence-electron chi connectivity index (χ2n) is 9.54. The van der Waals surface area contributed by atoms with Crippen LogP contribution < -0.4 is 5.73 Å². The van der Waals surface area contributed by atoms with Crippen LogP contribution in [0.5, 0.6) is 0 Å². The van der Waals surface area contributed by atoms with Gasteiger partial charge in [-0.2, -0.15) is 0 Å². The Morgan fingerprint density at radius 2 is 1.18 bits per heavy atom. The maximum absolute atomic E-state index is 12.4. The van der Waals surface area contributed by atoms with E-state index in [1.165, 1.54) is 24.3 Å². The molecule has 0 saturated carbocycles. The van der Waals surface area contributed by atoms with E-state index in [1.807, 2.05) is 6.07 Å². The van der Waals surface area contributed by atoms with Crippen molar-refractivity contribution in [2.75, 3.05) is 18.3 Å². The molecule has 0 radical (unpaired) electrons. The summed E-state index contributed by atoms with van der Waals surface area (Å²) in [6.45, 7) is 0.184. The van der Waals surface area contributed by atoms with E-state index in [2.05, 4.69) is 19.9 Å². The summed E-state index contributed by atoms with van der Waals surface area (Å²) in [6.07, 6.45) is 5.60. The van der Waals surface area contributed by atoms with Crippen LogP contribution in [0.25, 0.3) is 22.8 Å². The number of hydrogen-bond acceptors (Lipinski definition) is 12. The fourth-order valence-electron chi connectivity index (χ4n) is 3.85. The molecule has 230 valence electrons. The predicted molar refractivity (Wildman–Crippen MR) is 169 cm³/mol. The summed E-state index contributed by atoms with van der Waals surface area (Å²) < 4.78 is 72.2. The van der Waals surface area contributed by atoms with E-state index in [-0.39, 0.29) is 28.5 Å². The molecule has 5 heterocycles. The Morgan fingerprint density at radius 1 is 0.659 bits per heavy atom. The van der Waals surface area contributed by atoms with Crippen molar-refractivity contribution in [3.63, 3.8) is 0 Å². The van der Waals surface area contributed by atoms with Gasteiger partial charge in [0.15, 0.2) is 29.5 Å². The van der Waals surface area contributed by atoms with E-state index in [9.17, 15) is 25.3 Å². The Bertz CT molecular complexity index is 2060. The van der Waals surface area contributed by atoms with Crippen LogP contribution >= 0.6 is 11.3 Å². The molecule has 5 rings (SSSR count). The first-order valence-electron chi connectivity index (χ1n) is 13.0. The van der Waals surface area contributed by atoms with Gasteiger partial charge in [-0.25, -0.2) is 30.2 Å². The zero-order chi connectivity index (χ0) is 32.0. The molecule has 0 atom stereocenters. The molecule has 5 aromatic rings. The summed E-state index contributed by atoms with van der Waals surface area (Å²) in [5.74, 6) is -0.143. The number of hydrogen-bond donors (Lipinski definition) is 1. The summed E-state index contributed by atoms with van der Waals surface area (Å²) in [7, 11) is -10.2. The van der Waals surface area contributed by atoms with Crippen molar-refractivity contribution in [2.45, 2.75) is 27.0 Å². The molecule has 0 bridgehead atoms. The van der Waals surface area contributed by atoms with E-state index >= 15 is 0 Å². The van der Waals surface area contributed by atoms with Crippen LogP contribution in [0.4, 0.5) is 0 Å². The van der Waals surface area contributed by atoms with Crippen LogP contribution in [0.3, 0.4) is 0 Å². The van der Waals surface area contributed by atoms with Crippen molar-refractivity contribution in [1.29, 1.82) is 0 Å². The summed E-state index contributed by atoms with van der Waals surface area (Å²) >= 11 is 1.16. The SMILES string of the molecule is CS(=O)(=O)c1cc(CCS(=O)(=O)c2cccs2)nc(-c2ccccn2)c1.CS(=O)(=O)c1cc(CN)nc(-c2ccccn2)c1. The first-order valence-corrected chi connectivity index (χ1v) is 19.3. The molecule has 0 aliphatic rings. The minimum Gasteiger partial charge on any atom is -0.325 e. The molecule has 5 aromatic heterocycles. The monoisotopic (exact) mass is 671 g/mol. The Kier molecular flexibility index (Phi) is 10.4. The van der Waals surface area contributed by atoms with E-state index in [4.69, 9.17) is 5.73 Å². The lowest BCUT2D eigenvalue weighted by atomic mass is 10.2. The Labute approximate surface area is 260 Å². The topological polar surface area (TPSA) is 180 Å². The number of nitrogens with two attached hydrogens (primary N) is 1. The number of thiophene rings is 1. The van der Waals surface area contributed by atoms with Gasteiger partial charge in [0.2, 0.25) is 0 Å². The molecule has 0 aliphatic carbocycles. The van der Waals surface area contributed by atoms with Crippen molar-refractivity contribution >= 4 is 40.8 Å². The van der Waals surface area contributed by atoms with Crippen molar-refractivity contribution < 1.29 is 25.3 Å². The van der Waals surface area contributed by atoms with Crippen molar-refractivity contribution in [1.82, 2.24) is 19.9 Å². The predicted octanol–water partition coefficient (Wildman–Crippen LogP) is 3.63. The van der Waals surface area contributed by atoms with Crippen molar-refractivity contribution in [3.05, 3.63) is 102 Å². The lowest BCUT2D eigenvalue weighted by molar-refractivity contribution is 0.596. The highest BCUT2D eigenvalue weighted by molar-refractivity contribution is 7.93. The first-order chi connectivity index (χ1) is 20.8. The van der Waals surface area contributed by atoms with Gasteiger partial charge in [0.05, 0.1) is 44.0 Å². The highest BCUT2D eigenvalue weighted by Gasteiger charge is 2.18. The average Bonchev–Trinajstić information content (AvgIpc) is 3.57. The van der Waals surface area contributed by atoms with E-state index in [0.717, 1.165) is 23.8 Å². The molecule has 0 aromatic carbocycles. The van der Waals surface area contributed by atoms with Gasteiger partial charge in [-0.05, 0) is 60.0 Å². The largest absolute Gasteiger partial charge is 0.325 e. The lowest BCUT2D eigenvalue weighted by Gasteiger charge is -2.08. The van der Waals surface area contributed by atoms with E-state index in [1.54, 1.807) is 60.2 Å². The standard InChI is InChI=1S/C17H16N2O4S3.C12H13N3O2S/c1-25(20,21)14-11-13(7-10-26(22,23)17-6-4-9-24-17)19-16(12-14)15-5-2-3-8-18-15;1-18(16,17)10-6-9(8-13)15-12(7-10)11-4-2-3-5-14-11/h2-6,8-9,11-12H,7,10H2,1H3;2-7H,8,13H2,1H3. The van der Waals surface area contributed by atoms with Gasteiger partial charge in [-0.1, -0.05) is 18.2 Å². The highest BCUT2D eigenvalue weighted by Crippen LogP contribution is 2.23. The number of aromatic nitrogens is 4. The van der Waals surface area contributed by atoms with E-state index < -0.39 is 29.5 Å². The molecule has 44 heavy (non-hydrogen) atoms. The second kappa shape index (κ2) is 13.8. The van der Waals surface area contributed by atoms with Crippen LogP contribution in [-0.4, -0.2) is 63.5 Å². The van der Waals surface area contributed by atoms with Crippen LogP contribution in [0.2, 0.25) is 0 Å². The number of pyridine rings is 4. The van der Waals surface area contributed by atoms with Crippen LogP contribution in [0.1, 0.15) is 11.4 Å². The lowest BCUT2D eigenvalue weighted by Crippen LogP contribution is -2.10. The quantitative estimate of drug-likeness (QED) is 0.242. The molecule has 15 heteroatoms. The van der Waals surface area contributed by atoms with Gasteiger partial charge < -0.3 is 5.73 Å². The van der Waals surface area contributed by atoms with Crippen LogP contribution in [0.15, 0.2) is 105 Å². The minimum atomic E-state index is -3.47. The van der Waals surface area contributed by atoms with Gasteiger partial charge in [-0.15, -0.1) is 11.3 Å². The van der Waals surface area contributed by atoms with Gasteiger partial charge in [-0.3, -0.25) is 15.0 Å². The summed E-state index contributed by atoms with van der Waals surface area (Å²) in [6, 6.07) is 19.7. The highest BCUT2D eigenvalue weighted by atomic mass is 32.2. The van der Waals surface area contributed by atoms with Crippen LogP contribution in [0, 0.1) is 0 Å². The first kappa shape index (κ1) is 33.0. The molecule has 2 N–H and O–H groups in total. The molecule has 0 fully saturated rings. The third-order valence-corrected chi connectivity index (χ3v) is 11.4. The fourth-order valence-corrected chi connectivity index (χ4v) is 7.62. The molecule has 0 saturated heterocycles. The summed E-state index contributed by atoms with van der Waals surface area (Å²) in [5, 5.41) is 1.70. The molecule has 0 aliphatic heterocycles. The molecular weight excluding hydrogens is 643 g/mol. The Balaban J connectivity index is 0.000000215. The third-order valence-electron chi connectivity index (χ3n) is 6.05. The van der Waals surface area contributed by atoms with Gasteiger partial charge in [0.25, 0.3) is 0 Å². The number of sulfone groups is 3. The number of aryl methyl sites for hydroxylation is 1. The Hall–Kier alpha value is -3.89. The zero-order valence-corrected chi connectivity index (χ0v) is 27.0. The minimum absolute atomic E-state index is 0.0941. The fraction of sp³-hybridized carbons (Fsp3) is 0.172. The normalized spacial score (nSPS) is 11.9. The zero-order valence-electron chi connectivity index (χ0n) is 23.7. The maximum atomic E-state index is 12.4. The van der Waals surface area contributed by atoms with Crippen molar-refractivity contribution in [2.24, 2.45) is 5.73 Å². The number of rotatable bonds is 9. The van der Waals surface area contributed by atoms with Gasteiger partial charge >= 0.3 is 0 Å². The smallest absolute Gasteiger partial charge is 0.188 e. The number of nitrogens with zero attached hydrogens (tertiary/aromatic N) is 4. The molecular formula is C29H29N5O6S4. The molecule has 0 spiro atoms. The Morgan fingerprint density at radius 3 is 1.61 bits per heavy atom. The van der Waals surface area contributed by atoms with Crippen molar-refractivity contribution in [3.8, 4) is 22.8 Å². The third kappa shape index (κ3) is 8.83. The molecule has 11 nitrogen and oxygen atoms in total. The molecule has 0 unspecified atom stereocenters.